The van der Waals surface area contributed by atoms with E-state index in [2.05, 4.69) is 4.90 Å². The van der Waals surface area contributed by atoms with Gasteiger partial charge in [-0.3, -0.25) is 4.90 Å². The van der Waals surface area contributed by atoms with Crippen molar-refractivity contribution < 1.29 is 4.39 Å². The zero-order valence-electron chi connectivity index (χ0n) is 11.7. The van der Waals surface area contributed by atoms with Crippen LogP contribution in [0.15, 0.2) is 42.5 Å². The second kappa shape index (κ2) is 6.04. The quantitative estimate of drug-likeness (QED) is 0.838. The number of halogens is 2. The van der Waals surface area contributed by atoms with Crippen molar-refractivity contribution in [2.75, 3.05) is 5.73 Å². The molecule has 0 aromatic heterocycles. The van der Waals surface area contributed by atoms with Gasteiger partial charge in [-0.1, -0.05) is 35.9 Å². The molecule has 1 aliphatic rings. The van der Waals surface area contributed by atoms with Gasteiger partial charge in [-0.2, -0.15) is 0 Å². The van der Waals surface area contributed by atoms with Gasteiger partial charge in [0.25, 0.3) is 0 Å². The van der Waals surface area contributed by atoms with E-state index in [9.17, 15) is 4.39 Å². The fourth-order valence-corrected chi connectivity index (χ4v) is 2.69. The Kier molecular flexibility index (Phi) is 4.13. The van der Waals surface area contributed by atoms with Crippen LogP contribution in [0.2, 0.25) is 5.02 Å². The van der Waals surface area contributed by atoms with Gasteiger partial charge in [-0.25, -0.2) is 4.39 Å². The first-order valence-corrected chi connectivity index (χ1v) is 7.52. The van der Waals surface area contributed by atoms with Crippen LogP contribution in [-0.4, -0.2) is 10.9 Å². The predicted molar refractivity (Wildman–Crippen MR) is 84.5 cm³/mol. The van der Waals surface area contributed by atoms with Gasteiger partial charge in [0, 0.05) is 30.4 Å². The van der Waals surface area contributed by atoms with Crippen LogP contribution in [0.25, 0.3) is 0 Å². The minimum Gasteiger partial charge on any atom is -0.399 e. The molecule has 0 amide bonds. The van der Waals surface area contributed by atoms with Gasteiger partial charge in [0.05, 0.1) is 5.02 Å². The van der Waals surface area contributed by atoms with E-state index in [1.54, 1.807) is 18.2 Å². The average Bonchev–Trinajstić information content (AvgIpc) is 3.30. The third-order valence-corrected chi connectivity index (χ3v) is 4.13. The normalized spacial score (nSPS) is 14.6. The van der Waals surface area contributed by atoms with Crippen molar-refractivity contribution in [3.05, 3.63) is 64.4 Å². The zero-order chi connectivity index (χ0) is 14.8. The zero-order valence-corrected chi connectivity index (χ0v) is 12.5. The maximum absolute atomic E-state index is 14.1. The smallest absolute Gasteiger partial charge is 0.146 e. The maximum Gasteiger partial charge on any atom is 0.146 e. The Morgan fingerprint density at radius 1 is 1.10 bits per heavy atom. The molecule has 3 rings (SSSR count). The highest BCUT2D eigenvalue weighted by atomic mass is 35.5. The van der Waals surface area contributed by atoms with E-state index in [0.717, 1.165) is 12.2 Å². The molecule has 1 saturated carbocycles. The summed E-state index contributed by atoms with van der Waals surface area (Å²) in [5, 5.41) is 0.190. The van der Waals surface area contributed by atoms with E-state index in [-0.39, 0.29) is 10.8 Å². The van der Waals surface area contributed by atoms with Crippen LogP contribution < -0.4 is 5.73 Å². The molecule has 0 spiro atoms. The number of anilines is 1. The summed E-state index contributed by atoms with van der Waals surface area (Å²) in [7, 11) is 0. The standard InChI is InChI=1S/C17H18ClFN2/c18-16-3-1-2-13(17(16)19)11-21(15-8-9-15)10-12-4-6-14(20)7-5-12/h1-7,15H,8-11,20H2. The summed E-state index contributed by atoms with van der Waals surface area (Å²) in [5.74, 6) is -0.304. The number of nitrogen functional groups attached to an aromatic ring is 1. The van der Waals surface area contributed by atoms with Crippen LogP contribution >= 0.6 is 11.6 Å². The lowest BCUT2D eigenvalue weighted by molar-refractivity contribution is 0.242. The summed E-state index contributed by atoms with van der Waals surface area (Å²) in [5.41, 5.74) is 8.32. The number of nitrogens with zero attached hydrogens (tertiary/aromatic N) is 1. The number of hydrogen-bond acceptors (Lipinski definition) is 2. The molecule has 0 heterocycles. The molecule has 2 aromatic rings. The molecule has 0 aliphatic heterocycles. The van der Waals surface area contributed by atoms with E-state index in [0.29, 0.717) is 18.2 Å². The van der Waals surface area contributed by atoms with Gasteiger partial charge in [0.1, 0.15) is 5.82 Å². The lowest BCUT2D eigenvalue weighted by Gasteiger charge is -2.22. The van der Waals surface area contributed by atoms with Crippen LogP contribution in [0.1, 0.15) is 24.0 Å². The molecule has 0 atom stereocenters. The van der Waals surface area contributed by atoms with Gasteiger partial charge >= 0.3 is 0 Å². The van der Waals surface area contributed by atoms with Crippen molar-refractivity contribution in [3.8, 4) is 0 Å². The highest BCUT2D eigenvalue weighted by Gasteiger charge is 2.29. The lowest BCUT2D eigenvalue weighted by atomic mass is 10.1. The Bertz CT molecular complexity index is 623. The highest BCUT2D eigenvalue weighted by molar-refractivity contribution is 6.30. The maximum atomic E-state index is 14.1. The molecule has 1 aliphatic carbocycles. The second-order valence-corrected chi connectivity index (χ2v) is 6.00. The molecule has 2 aromatic carbocycles. The van der Waals surface area contributed by atoms with Gasteiger partial charge in [-0.15, -0.1) is 0 Å². The van der Waals surface area contributed by atoms with Crippen LogP contribution in [-0.2, 0) is 13.1 Å². The third-order valence-electron chi connectivity index (χ3n) is 3.83. The van der Waals surface area contributed by atoms with Gasteiger partial charge in [0.2, 0.25) is 0 Å². The Balaban J connectivity index is 1.76. The molecule has 2 N–H and O–H groups in total. The van der Waals surface area contributed by atoms with E-state index >= 15 is 0 Å². The van der Waals surface area contributed by atoms with Crippen molar-refractivity contribution in [2.24, 2.45) is 0 Å². The highest BCUT2D eigenvalue weighted by Crippen LogP contribution is 2.31. The first-order valence-electron chi connectivity index (χ1n) is 7.15. The van der Waals surface area contributed by atoms with Crippen LogP contribution in [0.4, 0.5) is 10.1 Å². The monoisotopic (exact) mass is 304 g/mol. The summed E-state index contributed by atoms with van der Waals surface area (Å²) < 4.78 is 14.1. The molecule has 0 bridgehead atoms. The Labute approximate surface area is 129 Å². The summed E-state index contributed by atoms with van der Waals surface area (Å²) in [6.45, 7) is 1.39. The van der Waals surface area contributed by atoms with Gasteiger partial charge < -0.3 is 5.73 Å². The Hall–Kier alpha value is -1.58. The van der Waals surface area contributed by atoms with Gasteiger partial charge in [0.15, 0.2) is 0 Å². The molecular weight excluding hydrogens is 287 g/mol. The van der Waals surface area contributed by atoms with Crippen LogP contribution in [0.5, 0.6) is 0 Å². The lowest BCUT2D eigenvalue weighted by Crippen LogP contribution is -2.25. The van der Waals surface area contributed by atoms with Crippen LogP contribution in [0, 0.1) is 5.82 Å². The van der Waals surface area contributed by atoms with E-state index in [1.165, 1.54) is 18.4 Å². The van der Waals surface area contributed by atoms with Gasteiger partial charge in [-0.05, 0) is 36.6 Å². The molecule has 110 valence electrons. The fraction of sp³-hybridized carbons (Fsp3) is 0.294. The molecular formula is C17H18ClFN2. The third kappa shape index (κ3) is 3.55. The number of benzene rings is 2. The molecule has 1 fully saturated rings. The summed E-state index contributed by atoms with van der Waals surface area (Å²) in [6, 6.07) is 13.6. The number of hydrogen-bond donors (Lipinski definition) is 1. The van der Waals surface area contributed by atoms with Crippen molar-refractivity contribution >= 4 is 17.3 Å². The largest absolute Gasteiger partial charge is 0.399 e. The van der Waals surface area contributed by atoms with E-state index in [1.807, 2.05) is 24.3 Å². The summed E-state index contributed by atoms with van der Waals surface area (Å²) >= 11 is 5.86. The molecule has 4 heteroatoms. The predicted octanol–water partition coefficient (Wildman–Crippen LogP) is 4.23. The number of nitrogens with two attached hydrogens (primary N) is 1. The topological polar surface area (TPSA) is 29.3 Å². The van der Waals surface area contributed by atoms with Crippen molar-refractivity contribution in [1.29, 1.82) is 0 Å². The average molecular weight is 305 g/mol. The molecule has 21 heavy (non-hydrogen) atoms. The first kappa shape index (κ1) is 14.4. The van der Waals surface area contributed by atoms with E-state index < -0.39 is 0 Å². The van der Waals surface area contributed by atoms with E-state index in [4.69, 9.17) is 17.3 Å². The summed E-state index contributed by atoms with van der Waals surface area (Å²) in [4.78, 5) is 2.31. The molecule has 0 radical (unpaired) electrons. The molecule has 0 saturated heterocycles. The Morgan fingerprint density at radius 3 is 2.48 bits per heavy atom. The number of rotatable bonds is 5. The van der Waals surface area contributed by atoms with Crippen molar-refractivity contribution in [3.63, 3.8) is 0 Å². The Morgan fingerprint density at radius 2 is 1.81 bits per heavy atom. The summed E-state index contributed by atoms with van der Waals surface area (Å²) in [6.07, 6.45) is 2.36. The first-order chi connectivity index (χ1) is 10.1. The minimum absolute atomic E-state index is 0.190. The molecule has 2 nitrogen and oxygen atoms in total. The SMILES string of the molecule is Nc1ccc(CN(Cc2cccc(Cl)c2F)C2CC2)cc1. The van der Waals surface area contributed by atoms with Crippen molar-refractivity contribution in [2.45, 2.75) is 32.0 Å². The minimum atomic E-state index is -0.304. The van der Waals surface area contributed by atoms with Crippen molar-refractivity contribution in [1.82, 2.24) is 4.90 Å². The second-order valence-electron chi connectivity index (χ2n) is 5.59. The fourth-order valence-electron chi connectivity index (χ4n) is 2.50. The molecule has 0 unspecified atom stereocenters. The van der Waals surface area contributed by atoms with Crippen LogP contribution in [0.3, 0.4) is 0 Å².